The van der Waals surface area contributed by atoms with E-state index >= 15 is 0 Å². The number of sulfone groups is 1. The van der Waals surface area contributed by atoms with E-state index in [9.17, 15) is 18.0 Å². The Morgan fingerprint density at radius 2 is 1.67 bits per heavy atom. The molecule has 1 aromatic rings. The minimum Gasteiger partial charge on any atom is -0.469 e. The lowest BCUT2D eigenvalue weighted by atomic mass is 10.1. The van der Waals surface area contributed by atoms with Crippen LogP contribution in [0, 0.1) is 0 Å². The van der Waals surface area contributed by atoms with E-state index in [-0.39, 0.29) is 23.5 Å². The maximum atomic E-state index is 11.7. The van der Waals surface area contributed by atoms with Gasteiger partial charge in [-0.25, -0.2) is 8.42 Å². The standard InChI is InChI=1S/C12H14O5S/c1-17-12(14)8-7-11(13)9-3-5-10(6-4-9)18(2,15)16/h3-6H,7-8H2,1-2H3. The predicted molar refractivity (Wildman–Crippen MR) is 65.1 cm³/mol. The molecule has 0 heterocycles. The molecule has 0 saturated carbocycles. The van der Waals surface area contributed by atoms with E-state index in [1.807, 2.05) is 0 Å². The number of carbonyl (C=O) groups excluding carboxylic acids is 2. The number of ether oxygens (including phenoxy) is 1. The largest absolute Gasteiger partial charge is 0.469 e. The van der Waals surface area contributed by atoms with Crippen molar-refractivity contribution in [1.82, 2.24) is 0 Å². The summed E-state index contributed by atoms with van der Waals surface area (Å²) in [7, 11) is -2.00. The second kappa shape index (κ2) is 5.77. The first-order valence-corrected chi connectivity index (χ1v) is 7.14. The molecule has 0 aromatic heterocycles. The van der Waals surface area contributed by atoms with Gasteiger partial charge in [0.2, 0.25) is 0 Å². The van der Waals surface area contributed by atoms with Crippen molar-refractivity contribution in [2.45, 2.75) is 17.7 Å². The maximum Gasteiger partial charge on any atom is 0.305 e. The Morgan fingerprint density at radius 1 is 1.11 bits per heavy atom. The van der Waals surface area contributed by atoms with Crippen LogP contribution in [0.3, 0.4) is 0 Å². The first kappa shape index (κ1) is 14.4. The second-order valence-corrected chi connectivity index (χ2v) is 5.81. The molecule has 1 aromatic carbocycles. The fourth-order valence-electron chi connectivity index (χ4n) is 1.35. The lowest BCUT2D eigenvalue weighted by Gasteiger charge is -2.02. The summed E-state index contributed by atoms with van der Waals surface area (Å²) in [6, 6.07) is 5.63. The van der Waals surface area contributed by atoms with Gasteiger partial charge in [-0.3, -0.25) is 9.59 Å². The zero-order valence-corrected chi connectivity index (χ0v) is 11.0. The summed E-state index contributed by atoms with van der Waals surface area (Å²) in [5, 5.41) is 0. The molecule has 0 N–H and O–H groups in total. The van der Waals surface area contributed by atoms with E-state index in [0.717, 1.165) is 6.26 Å². The number of carbonyl (C=O) groups is 2. The molecule has 5 nitrogen and oxygen atoms in total. The molecule has 0 saturated heterocycles. The van der Waals surface area contributed by atoms with Crippen molar-refractivity contribution < 1.29 is 22.7 Å². The van der Waals surface area contributed by atoms with Crippen molar-refractivity contribution in [3.8, 4) is 0 Å². The molecule has 0 aliphatic carbocycles. The van der Waals surface area contributed by atoms with Gasteiger partial charge in [0.25, 0.3) is 0 Å². The highest BCUT2D eigenvalue weighted by molar-refractivity contribution is 7.90. The lowest BCUT2D eigenvalue weighted by molar-refractivity contribution is -0.140. The number of ketones is 1. The Hall–Kier alpha value is -1.69. The van der Waals surface area contributed by atoms with Crippen LogP contribution in [0.4, 0.5) is 0 Å². The van der Waals surface area contributed by atoms with Crippen molar-refractivity contribution in [2.75, 3.05) is 13.4 Å². The summed E-state index contributed by atoms with van der Waals surface area (Å²) in [5.74, 6) is -0.670. The Labute approximate surface area is 106 Å². The highest BCUT2D eigenvalue weighted by Gasteiger charge is 2.11. The minimum atomic E-state index is -3.26. The van der Waals surface area contributed by atoms with Crippen molar-refractivity contribution >= 4 is 21.6 Å². The monoisotopic (exact) mass is 270 g/mol. The molecule has 0 atom stereocenters. The van der Waals surface area contributed by atoms with Gasteiger partial charge in [-0.2, -0.15) is 0 Å². The predicted octanol–water partition coefficient (Wildman–Crippen LogP) is 1.23. The molecule has 0 aliphatic heterocycles. The Balaban J connectivity index is 2.74. The molecule has 1 rings (SSSR count). The third kappa shape index (κ3) is 3.96. The van der Waals surface area contributed by atoms with Crippen LogP contribution in [0.15, 0.2) is 29.2 Å². The Kier molecular flexibility index (Phi) is 4.61. The summed E-state index contributed by atoms with van der Waals surface area (Å²) >= 11 is 0. The normalized spacial score (nSPS) is 11.0. The Bertz CT molecular complexity index is 542. The van der Waals surface area contributed by atoms with Crippen LogP contribution in [-0.4, -0.2) is 33.5 Å². The van der Waals surface area contributed by atoms with Gasteiger partial charge >= 0.3 is 5.97 Å². The van der Waals surface area contributed by atoms with Crippen molar-refractivity contribution in [1.29, 1.82) is 0 Å². The smallest absolute Gasteiger partial charge is 0.305 e. The van der Waals surface area contributed by atoms with E-state index in [2.05, 4.69) is 4.74 Å². The summed E-state index contributed by atoms with van der Waals surface area (Å²) in [6.07, 6.45) is 1.16. The summed E-state index contributed by atoms with van der Waals surface area (Å²) in [5.41, 5.74) is 0.381. The zero-order valence-electron chi connectivity index (χ0n) is 10.2. The highest BCUT2D eigenvalue weighted by atomic mass is 32.2. The van der Waals surface area contributed by atoms with Crippen LogP contribution in [0.1, 0.15) is 23.2 Å². The number of benzene rings is 1. The van der Waals surface area contributed by atoms with Crippen LogP contribution < -0.4 is 0 Å². The molecule has 98 valence electrons. The molecule has 0 radical (unpaired) electrons. The number of rotatable bonds is 5. The molecule has 0 fully saturated rings. The molecule has 0 bridgehead atoms. The van der Waals surface area contributed by atoms with E-state index in [0.29, 0.717) is 5.56 Å². The van der Waals surface area contributed by atoms with Gasteiger partial charge in [0.1, 0.15) is 0 Å². The van der Waals surface area contributed by atoms with Gasteiger partial charge in [-0.1, -0.05) is 12.1 Å². The number of hydrogen-bond donors (Lipinski definition) is 0. The molecule has 0 unspecified atom stereocenters. The third-order valence-electron chi connectivity index (χ3n) is 2.39. The molecule has 0 amide bonds. The zero-order chi connectivity index (χ0) is 13.8. The number of methoxy groups -OCH3 is 1. The van der Waals surface area contributed by atoms with Crippen LogP contribution in [0.25, 0.3) is 0 Å². The number of Topliss-reactive ketones (excluding diaryl/α,β-unsaturated/α-hetero) is 1. The Morgan fingerprint density at radius 3 is 2.11 bits per heavy atom. The molecular formula is C12H14O5S. The van der Waals surface area contributed by atoms with Crippen molar-refractivity contribution in [3.63, 3.8) is 0 Å². The fourth-order valence-corrected chi connectivity index (χ4v) is 1.98. The molecule has 0 spiro atoms. The van der Waals surface area contributed by atoms with E-state index in [4.69, 9.17) is 0 Å². The van der Waals surface area contributed by atoms with Crippen molar-refractivity contribution in [2.24, 2.45) is 0 Å². The maximum absolute atomic E-state index is 11.7. The SMILES string of the molecule is COC(=O)CCC(=O)c1ccc(S(C)(=O)=O)cc1. The topological polar surface area (TPSA) is 77.5 Å². The van der Waals surface area contributed by atoms with Crippen LogP contribution in [0.2, 0.25) is 0 Å². The molecule has 6 heteroatoms. The van der Waals surface area contributed by atoms with Crippen LogP contribution in [-0.2, 0) is 19.4 Å². The number of esters is 1. The second-order valence-electron chi connectivity index (χ2n) is 3.80. The van der Waals surface area contributed by atoms with Gasteiger partial charge in [-0.15, -0.1) is 0 Å². The van der Waals surface area contributed by atoms with Crippen molar-refractivity contribution in [3.05, 3.63) is 29.8 Å². The fraction of sp³-hybridized carbons (Fsp3) is 0.333. The quantitative estimate of drug-likeness (QED) is 0.594. The van der Waals surface area contributed by atoms with Crippen LogP contribution in [0.5, 0.6) is 0 Å². The van der Waals surface area contributed by atoms with Gasteiger partial charge in [0, 0.05) is 18.2 Å². The molecule has 18 heavy (non-hydrogen) atoms. The molecular weight excluding hydrogens is 256 g/mol. The van der Waals surface area contributed by atoms with Gasteiger partial charge < -0.3 is 4.74 Å². The minimum absolute atomic E-state index is 0.0170. The summed E-state index contributed by atoms with van der Waals surface area (Å²) < 4.78 is 26.9. The summed E-state index contributed by atoms with van der Waals surface area (Å²) in [4.78, 5) is 22.7. The number of hydrogen-bond acceptors (Lipinski definition) is 5. The summed E-state index contributed by atoms with van der Waals surface area (Å²) in [6.45, 7) is 0. The first-order valence-electron chi connectivity index (χ1n) is 5.24. The van der Waals surface area contributed by atoms with E-state index in [1.165, 1.54) is 31.4 Å². The van der Waals surface area contributed by atoms with Crippen LogP contribution >= 0.6 is 0 Å². The third-order valence-corrected chi connectivity index (χ3v) is 3.52. The van der Waals surface area contributed by atoms with Gasteiger partial charge in [-0.05, 0) is 12.1 Å². The van der Waals surface area contributed by atoms with E-state index in [1.54, 1.807) is 0 Å². The van der Waals surface area contributed by atoms with E-state index < -0.39 is 15.8 Å². The first-order chi connectivity index (χ1) is 8.34. The highest BCUT2D eigenvalue weighted by Crippen LogP contribution is 2.12. The molecule has 0 aliphatic rings. The average Bonchev–Trinajstić information content (AvgIpc) is 2.34. The lowest BCUT2D eigenvalue weighted by Crippen LogP contribution is -2.06. The average molecular weight is 270 g/mol. The van der Waals surface area contributed by atoms with Gasteiger partial charge in [0.05, 0.1) is 18.4 Å². The van der Waals surface area contributed by atoms with Gasteiger partial charge in [0.15, 0.2) is 15.6 Å².